The molecule has 4 rings (SSSR count). The van der Waals surface area contributed by atoms with Crippen molar-refractivity contribution in [1.82, 2.24) is 4.90 Å². The number of methoxy groups -OCH3 is 2. The summed E-state index contributed by atoms with van der Waals surface area (Å²) < 4.78 is 10.7. The average molecular weight is 499 g/mol. The Morgan fingerprint density at radius 2 is 1.59 bits per heavy atom. The van der Waals surface area contributed by atoms with Gasteiger partial charge in [-0.25, -0.2) is 0 Å². The van der Waals surface area contributed by atoms with Crippen LogP contribution >= 0.6 is 23.2 Å². The van der Waals surface area contributed by atoms with Gasteiger partial charge in [-0.2, -0.15) is 0 Å². The molecule has 0 atom stereocenters. The minimum absolute atomic E-state index is 0.0186. The highest BCUT2D eigenvalue weighted by atomic mass is 35.5. The summed E-state index contributed by atoms with van der Waals surface area (Å²) in [7, 11) is 2.92. The van der Waals surface area contributed by atoms with Gasteiger partial charge in [0.25, 0.3) is 17.7 Å². The van der Waals surface area contributed by atoms with Crippen molar-refractivity contribution in [2.45, 2.75) is 0 Å². The molecule has 0 saturated carbocycles. The maximum atomic E-state index is 13.7. The third kappa shape index (κ3) is 4.32. The molecule has 0 aliphatic carbocycles. The quantitative estimate of drug-likeness (QED) is 0.430. The van der Waals surface area contributed by atoms with E-state index in [9.17, 15) is 14.4 Å². The molecule has 1 aliphatic rings. The first-order chi connectivity index (χ1) is 16.3. The fraction of sp³-hybridized carbons (Fsp3) is 0.160. The predicted molar refractivity (Wildman–Crippen MR) is 129 cm³/mol. The number of carbonyl (C=O) groups is 3. The molecule has 0 spiro atoms. The Hall–Kier alpha value is -3.55. The molecule has 0 radical (unpaired) electrons. The Morgan fingerprint density at radius 3 is 2.21 bits per heavy atom. The summed E-state index contributed by atoms with van der Waals surface area (Å²) in [6.07, 6.45) is 0. The Labute approximate surface area is 206 Å². The summed E-state index contributed by atoms with van der Waals surface area (Å²) in [6, 6.07) is 16.4. The van der Waals surface area contributed by atoms with Gasteiger partial charge in [-0.15, -0.1) is 0 Å². The van der Waals surface area contributed by atoms with Gasteiger partial charge in [-0.05, 0) is 36.4 Å². The molecule has 3 aromatic rings. The number of anilines is 1. The summed E-state index contributed by atoms with van der Waals surface area (Å²) >= 11 is 12.4. The number of halogens is 2. The van der Waals surface area contributed by atoms with Gasteiger partial charge in [0.05, 0.1) is 35.9 Å². The van der Waals surface area contributed by atoms with Crippen LogP contribution in [0.25, 0.3) is 0 Å². The first-order valence-electron chi connectivity index (χ1n) is 10.3. The number of rotatable bonds is 7. The van der Waals surface area contributed by atoms with Crippen LogP contribution in [0.5, 0.6) is 11.5 Å². The van der Waals surface area contributed by atoms with Gasteiger partial charge in [-0.1, -0.05) is 41.4 Å². The van der Waals surface area contributed by atoms with Crippen LogP contribution in [0.3, 0.4) is 0 Å². The van der Waals surface area contributed by atoms with Crippen molar-refractivity contribution in [3.8, 4) is 11.5 Å². The number of carbonyl (C=O) groups excluding carboxylic acids is 3. The van der Waals surface area contributed by atoms with E-state index in [-0.39, 0.29) is 34.4 Å². The lowest BCUT2D eigenvalue weighted by atomic mass is 10.1. The van der Waals surface area contributed by atoms with Crippen LogP contribution in [0.4, 0.5) is 5.69 Å². The zero-order valence-electron chi connectivity index (χ0n) is 18.4. The van der Waals surface area contributed by atoms with E-state index in [2.05, 4.69) is 0 Å². The van der Waals surface area contributed by atoms with Gasteiger partial charge in [-0.3, -0.25) is 19.3 Å². The Morgan fingerprint density at radius 1 is 0.912 bits per heavy atom. The van der Waals surface area contributed by atoms with Crippen molar-refractivity contribution in [2.75, 3.05) is 32.2 Å². The van der Waals surface area contributed by atoms with Crippen LogP contribution in [0.1, 0.15) is 31.1 Å². The summed E-state index contributed by atoms with van der Waals surface area (Å²) in [6.45, 7) is -0.00331. The van der Waals surface area contributed by atoms with Crippen molar-refractivity contribution in [1.29, 1.82) is 0 Å². The zero-order valence-corrected chi connectivity index (χ0v) is 19.9. The SMILES string of the molecule is COc1cccc(N(CCN2C(=O)c3ccccc3C2=O)C(=O)c2cc(Cl)cc(Cl)c2OC)c1. The molecule has 0 bridgehead atoms. The standard InChI is InChI=1S/C25H20Cl2N2O5/c1-33-17-7-5-6-16(14-17)28(25(32)20-12-15(26)13-21(27)22(20)34-2)10-11-29-23(30)18-8-3-4-9-19(18)24(29)31/h3-9,12-14H,10-11H2,1-2H3. The highest BCUT2D eigenvalue weighted by molar-refractivity contribution is 6.36. The number of amides is 3. The van der Waals surface area contributed by atoms with Gasteiger partial charge in [0.2, 0.25) is 0 Å². The Balaban J connectivity index is 1.70. The van der Waals surface area contributed by atoms with Crippen molar-refractivity contribution in [3.63, 3.8) is 0 Å². The van der Waals surface area contributed by atoms with E-state index in [1.54, 1.807) is 48.5 Å². The second-order valence-electron chi connectivity index (χ2n) is 7.43. The van der Waals surface area contributed by atoms with E-state index in [1.807, 2.05) is 0 Å². The monoisotopic (exact) mass is 498 g/mol. The van der Waals surface area contributed by atoms with E-state index in [1.165, 1.54) is 31.3 Å². The van der Waals surface area contributed by atoms with Crippen LogP contribution in [0.2, 0.25) is 10.0 Å². The normalized spacial score (nSPS) is 12.5. The van der Waals surface area contributed by atoms with E-state index in [0.29, 0.717) is 22.6 Å². The summed E-state index contributed by atoms with van der Waals surface area (Å²) in [5.41, 5.74) is 1.33. The van der Waals surface area contributed by atoms with Gasteiger partial charge >= 0.3 is 0 Å². The molecule has 1 heterocycles. The van der Waals surface area contributed by atoms with Crippen molar-refractivity contribution in [3.05, 3.63) is 87.4 Å². The molecule has 0 aromatic heterocycles. The molecular weight excluding hydrogens is 479 g/mol. The highest BCUT2D eigenvalue weighted by Crippen LogP contribution is 2.34. The maximum absolute atomic E-state index is 13.7. The Bertz CT molecular complexity index is 1260. The zero-order chi connectivity index (χ0) is 24.4. The number of benzene rings is 3. The maximum Gasteiger partial charge on any atom is 0.262 e. The van der Waals surface area contributed by atoms with Gasteiger partial charge < -0.3 is 14.4 Å². The fourth-order valence-electron chi connectivity index (χ4n) is 3.84. The average Bonchev–Trinajstić information content (AvgIpc) is 3.08. The third-order valence-corrected chi connectivity index (χ3v) is 5.98. The first kappa shape index (κ1) is 23.6. The summed E-state index contributed by atoms with van der Waals surface area (Å²) in [5, 5.41) is 0.449. The lowest BCUT2D eigenvalue weighted by Gasteiger charge is -2.26. The fourth-order valence-corrected chi connectivity index (χ4v) is 4.41. The summed E-state index contributed by atoms with van der Waals surface area (Å²) in [5.74, 6) is -0.563. The molecule has 7 nitrogen and oxygen atoms in total. The van der Waals surface area contributed by atoms with Crippen LogP contribution in [-0.2, 0) is 0 Å². The Kier molecular flexibility index (Phi) is 6.77. The van der Waals surface area contributed by atoms with Crippen LogP contribution < -0.4 is 14.4 Å². The molecule has 0 saturated heterocycles. The topological polar surface area (TPSA) is 76.2 Å². The molecule has 0 N–H and O–H groups in total. The number of nitrogens with zero attached hydrogens (tertiary/aromatic N) is 2. The lowest BCUT2D eigenvalue weighted by molar-refractivity contribution is 0.0654. The third-order valence-electron chi connectivity index (χ3n) is 5.48. The molecule has 0 fully saturated rings. The van der Waals surface area contributed by atoms with Gasteiger partial charge in [0.15, 0.2) is 0 Å². The highest BCUT2D eigenvalue weighted by Gasteiger charge is 2.35. The molecule has 34 heavy (non-hydrogen) atoms. The molecule has 174 valence electrons. The lowest BCUT2D eigenvalue weighted by Crippen LogP contribution is -2.41. The summed E-state index contributed by atoms with van der Waals surface area (Å²) in [4.78, 5) is 41.9. The van der Waals surface area contributed by atoms with Crippen molar-refractivity contribution in [2.24, 2.45) is 0 Å². The minimum Gasteiger partial charge on any atom is -0.497 e. The number of fused-ring (bicyclic) bond motifs is 1. The minimum atomic E-state index is -0.467. The first-order valence-corrected chi connectivity index (χ1v) is 11.1. The van der Waals surface area contributed by atoms with Crippen molar-refractivity contribution < 1.29 is 23.9 Å². The molecule has 3 aromatic carbocycles. The second-order valence-corrected chi connectivity index (χ2v) is 8.28. The number of hydrogen-bond acceptors (Lipinski definition) is 5. The molecule has 0 unspecified atom stereocenters. The van der Waals surface area contributed by atoms with E-state index in [4.69, 9.17) is 32.7 Å². The van der Waals surface area contributed by atoms with Gasteiger partial charge in [0, 0.05) is 29.9 Å². The molecule has 1 aliphatic heterocycles. The van der Waals surface area contributed by atoms with Crippen LogP contribution in [0, 0.1) is 0 Å². The van der Waals surface area contributed by atoms with Gasteiger partial charge in [0.1, 0.15) is 11.5 Å². The predicted octanol–water partition coefficient (Wildman–Crippen LogP) is 4.95. The van der Waals surface area contributed by atoms with Crippen LogP contribution in [-0.4, -0.2) is 49.9 Å². The molecular formula is C25H20Cl2N2O5. The number of hydrogen-bond donors (Lipinski definition) is 0. The van der Waals surface area contributed by atoms with E-state index >= 15 is 0 Å². The smallest absolute Gasteiger partial charge is 0.262 e. The van der Waals surface area contributed by atoms with Crippen molar-refractivity contribution >= 4 is 46.6 Å². The van der Waals surface area contributed by atoms with Crippen LogP contribution in [0.15, 0.2) is 60.7 Å². The molecule has 9 heteroatoms. The molecule has 3 amide bonds. The largest absolute Gasteiger partial charge is 0.497 e. The number of imide groups is 1. The number of ether oxygens (including phenoxy) is 2. The van der Waals surface area contributed by atoms with E-state index < -0.39 is 17.7 Å². The van der Waals surface area contributed by atoms with E-state index in [0.717, 1.165) is 4.90 Å². The second kappa shape index (κ2) is 9.75.